The van der Waals surface area contributed by atoms with Crippen molar-refractivity contribution in [3.63, 3.8) is 0 Å². The number of esters is 1. The molecule has 0 fully saturated rings. The van der Waals surface area contributed by atoms with Gasteiger partial charge >= 0.3 is 5.97 Å². The van der Waals surface area contributed by atoms with E-state index in [9.17, 15) is 18.4 Å². The summed E-state index contributed by atoms with van der Waals surface area (Å²) in [6, 6.07) is 2.93. The van der Waals surface area contributed by atoms with Crippen LogP contribution in [-0.4, -0.2) is 28.6 Å². The van der Waals surface area contributed by atoms with Gasteiger partial charge < -0.3 is 4.74 Å². The molecule has 116 valence electrons. The highest BCUT2D eigenvalue weighted by Gasteiger charge is 2.23. The van der Waals surface area contributed by atoms with Crippen molar-refractivity contribution >= 4 is 23.9 Å². The van der Waals surface area contributed by atoms with Gasteiger partial charge in [-0.2, -0.15) is 5.10 Å². The Morgan fingerprint density at radius 2 is 2.18 bits per heavy atom. The van der Waals surface area contributed by atoms with Crippen LogP contribution in [0.15, 0.2) is 18.2 Å². The number of rotatable bonds is 5. The summed E-state index contributed by atoms with van der Waals surface area (Å²) in [5, 5.41) is 3.70. The number of halogens is 3. The van der Waals surface area contributed by atoms with E-state index in [-0.39, 0.29) is 35.1 Å². The maximum absolute atomic E-state index is 13.6. The summed E-state index contributed by atoms with van der Waals surface area (Å²) >= 11 is 5.96. The molecule has 0 saturated heterocycles. The lowest BCUT2D eigenvalue weighted by atomic mass is 10.2. The Hall–Kier alpha value is -2.28. The van der Waals surface area contributed by atoms with E-state index in [2.05, 4.69) is 5.10 Å². The minimum Gasteiger partial charge on any atom is -0.461 e. The SMILES string of the molecule is CCOC(=O)c1nn(Cc2cc(F)ccc2F)c(Cl)c1C=O. The quantitative estimate of drug-likeness (QED) is 0.625. The zero-order valence-corrected chi connectivity index (χ0v) is 12.2. The summed E-state index contributed by atoms with van der Waals surface area (Å²) in [4.78, 5) is 22.8. The predicted molar refractivity (Wildman–Crippen MR) is 74.0 cm³/mol. The lowest BCUT2D eigenvalue weighted by Gasteiger charge is -2.05. The molecule has 0 aliphatic heterocycles. The van der Waals surface area contributed by atoms with Crippen molar-refractivity contribution in [3.05, 3.63) is 51.8 Å². The van der Waals surface area contributed by atoms with E-state index in [1.54, 1.807) is 6.92 Å². The van der Waals surface area contributed by atoms with Gasteiger partial charge in [0.2, 0.25) is 0 Å². The number of aldehydes is 1. The van der Waals surface area contributed by atoms with Gasteiger partial charge in [0.05, 0.1) is 18.7 Å². The molecule has 0 amide bonds. The van der Waals surface area contributed by atoms with Crippen LogP contribution in [0.1, 0.15) is 33.3 Å². The van der Waals surface area contributed by atoms with E-state index in [1.807, 2.05) is 0 Å². The molecule has 0 radical (unpaired) electrons. The third kappa shape index (κ3) is 3.14. The molecule has 1 aromatic heterocycles. The fourth-order valence-electron chi connectivity index (χ4n) is 1.84. The van der Waals surface area contributed by atoms with Crippen molar-refractivity contribution in [1.82, 2.24) is 9.78 Å². The van der Waals surface area contributed by atoms with E-state index in [1.165, 1.54) is 0 Å². The van der Waals surface area contributed by atoms with Crippen LogP contribution in [0.4, 0.5) is 8.78 Å². The summed E-state index contributed by atoms with van der Waals surface area (Å²) in [5.41, 5.74) is -0.437. The minimum atomic E-state index is -0.815. The van der Waals surface area contributed by atoms with Crippen LogP contribution in [0.25, 0.3) is 0 Å². The molecule has 5 nitrogen and oxygen atoms in total. The van der Waals surface area contributed by atoms with Crippen molar-refractivity contribution in [1.29, 1.82) is 0 Å². The molecule has 1 heterocycles. The van der Waals surface area contributed by atoms with E-state index in [0.29, 0.717) is 6.29 Å². The highest BCUT2D eigenvalue weighted by molar-refractivity contribution is 6.32. The predicted octanol–water partition coefficient (Wildman–Crippen LogP) is 2.85. The number of ether oxygens (including phenoxy) is 1. The highest BCUT2D eigenvalue weighted by Crippen LogP contribution is 2.21. The molecule has 0 unspecified atom stereocenters. The molecule has 0 aliphatic rings. The standard InChI is InChI=1S/C14H11ClF2N2O3/c1-2-22-14(21)12-10(7-20)13(15)19(18-12)6-8-5-9(16)3-4-11(8)17/h3-5,7H,2,6H2,1H3. The van der Waals surface area contributed by atoms with Gasteiger partial charge in [0.15, 0.2) is 12.0 Å². The minimum absolute atomic E-state index is 0.0164. The first-order chi connectivity index (χ1) is 10.5. The van der Waals surface area contributed by atoms with Gasteiger partial charge in [0.1, 0.15) is 16.8 Å². The Labute approximate surface area is 129 Å². The first-order valence-corrected chi connectivity index (χ1v) is 6.68. The van der Waals surface area contributed by atoms with E-state index in [0.717, 1.165) is 22.9 Å². The van der Waals surface area contributed by atoms with E-state index in [4.69, 9.17) is 16.3 Å². The van der Waals surface area contributed by atoms with Gasteiger partial charge in [-0.15, -0.1) is 0 Å². The van der Waals surface area contributed by atoms with E-state index < -0.39 is 17.6 Å². The summed E-state index contributed by atoms with van der Waals surface area (Å²) in [5.74, 6) is -2.09. The Bertz CT molecular complexity index is 731. The topological polar surface area (TPSA) is 61.2 Å². The fraction of sp³-hybridized carbons (Fsp3) is 0.214. The lowest BCUT2D eigenvalue weighted by molar-refractivity contribution is 0.0516. The summed E-state index contributed by atoms with van der Waals surface area (Å²) in [6.07, 6.45) is 0.361. The molecular formula is C14H11ClF2N2O3. The highest BCUT2D eigenvalue weighted by atomic mass is 35.5. The molecule has 0 saturated carbocycles. The summed E-state index contributed by atoms with van der Waals surface area (Å²) in [7, 11) is 0. The van der Waals surface area contributed by atoms with Gasteiger partial charge in [-0.05, 0) is 25.1 Å². The third-order valence-electron chi connectivity index (χ3n) is 2.84. The average Bonchev–Trinajstić information content (AvgIpc) is 2.80. The molecule has 0 spiro atoms. The number of hydrogen-bond donors (Lipinski definition) is 0. The normalized spacial score (nSPS) is 10.5. The number of nitrogens with zero attached hydrogens (tertiary/aromatic N) is 2. The van der Waals surface area contributed by atoms with Crippen LogP contribution < -0.4 is 0 Å². The Morgan fingerprint density at radius 3 is 2.82 bits per heavy atom. The Morgan fingerprint density at radius 1 is 1.45 bits per heavy atom. The van der Waals surface area contributed by atoms with Gasteiger partial charge in [-0.1, -0.05) is 11.6 Å². The van der Waals surface area contributed by atoms with Crippen LogP contribution in [0, 0.1) is 11.6 Å². The van der Waals surface area contributed by atoms with Crippen molar-refractivity contribution in [2.75, 3.05) is 6.61 Å². The lowest BCUT2D eigenvalue weighted by Crippen LogP contribution is -2.09. The molecule has 0 bridgehead atoms. The second-order valence-corrected chi connectivity index (χ2v) is 4.64. The van der Waals surface area contributed by atoms with Crippen LogP contribution in [-0.2, 0) is 11.3 Å². The molecule has 2 rings (SSSR count). The molecule has 1 aromatic carbocycles. The molecule has 22 heavy (non-hydrogen) atoms. The summed E-state index contributed by atoms with van der Waals surface area (Å²) in [6.45, 7) is 1.46. The Kier molecular flexibility index (Phi) is 4.87. The van der Waals surface area contributed by atoms with Crippen molar-refractivity contribution < 1.29 is 23.1 Å². The maximum Gasteiger partial charge on any atom is 0.359 e. The number of hydrogen-bond acceptors (Lipinski definition) is 4. The van der Waals surface area contributed by atoms with Crippen molar-refractivity contribution in [2.24, 2.45) is 0 Å². The van der Waals surface area contributed by atoms with Gasteiger partial charge in [-0.25, -0.2) is 18.3 Å². The Balaban J connectivity index is 2.42. The first kappa shape index (κ1) is 16.1. The summed E-state index contributed by atoms with van der Waals surface area (Å²) < 4.78 is 32.6. The number of carbonyl (C=O) groups excluding carboxylic acids is 2. The van der Waals surface area contributed by atoms with Crippen molar-refractivity contribution in [3.8, 4) is 0 Å². The fourth-order valence-corrected chi connectivity index (χ4v) is 2.07. The molecule has 0 atom stereocenters. The maximum atomic E-state index is 13.6. The molecule has 8 heteroatoms. The van der Waals surface area contributed by atoms with Crippen LogP contribution in [0.5, 0.6) is 0 Å². The molecule has 0 aliphatic carbocycles. The second kappa shape index (κ2) is 6.65. The van der Waals surface area contributed by atoms with Gasteiger partial charge in [-0.3, -0.25) is 4.79 Å². The zero-order chi connectivity index (χ0) is 16.3. The number of carbonyl (C=O) groups is 2. The first-order valence-electron chi connectivity index (χ1n) is 6.30. The van der Waals surface area contributed by atoms with E-state index >= 15 is 0 Å². The molecular weight excluding hydrogens is 318 g/mol. The van der Waals surface area contributed by atoms with Crippen LogP contribution in [0.2, 0.25) is 5.15 Å². The second-order valence-electron chi connectivity index (χ2n) is 4.28. The average molecular weight is 329 g/mol. The van der Waals surface area contributed by atoms with Gasteiger partial charge in [0, 0.05) is 5.56 Å². The smallest absolute Gasteiger partial charge is 0.359 e. The molecule has 2 aromatic rings. The van der Waals surface area contributed by atoms with Gasteiger partial charge in [0.25, 0.3) is 0 Å². The monoisotopic (exact) mass is 328 g/mol. The third-order valence-corrected chi connectivity index (χ3v) is 3.24. The largest absolute Gasteiger partial charge is 0.461 e. The van der Waals surface area contributed by atoms with Crippen LogP contribution in [0.3, 0.4) is 0 Å². The van der Waals surface area contributed by atoms with Crippen molar-refractivity contribution in [2.45, 2.75) is 13.5 Å². The molecule has 0 N–H and O–H groups in total. The number of aromatic nitrogens is 2. The zero-order valence-electron chi connectivity index (χ0n) is 11.5. The number of benzene rings is 1. The van der Waals surface area contributed by atoms with Crippen LogP contribution >= 0.6 is 11.6 Å².